The lowest BCUT2D eigenvalue weighted by Gasteiger charge is -2.35. The molecule has 0 saturated heterocycles. The topological polar surface area (TPSA) is 19.0 Å². The largest absolute Gasteiger partial charge is 0.416 e. The van der Waals surface area contributed by atoms with E-state index in [1.807, 2.05) is 0 Å². The number of rotatable bonds is 18. The summed E-state index contributed by atoms with van der Waals surface area (Å²) in [5.74, 6) is 0. The molecule has 0 saturated carbocycles. The molecule has 0 heterocycles. The zero-order valence-corrected chi connectivity index (χ0v) is 20.1. The molecule has 0 N–H and O–H groups in total. The van der Waals surface area contributed by atoms with Gasteiger partial charge in [-0.3, -0.25) is 0 Å². The van der Waals surface area contributed by atoms with Gasteiger partial charge in [0.15, 0.2) is 0 Å². The van der Waals surface area contributed by atoms with Crippen LogP contribution in [0.4, 0.5) is 0 Å². The number of hydrogen-bond donors (Lipinski definition) is 0. The third-order valence-corrected chi connectivity index (χ3v) is 10.4. The van der Waals surface area contributed by atoms with Gasteiger partial charge >= 0.3 is 0 Å². The van der Waals surface area contributed by atoms with Gasteiger partial charge in [-0.05, 0) is 84.2 Å². The number of hydrogen-bond acceptors (Lipinski definition) is 4. The molecule has 0 aliphatic heterocycles. The first-order valence-corrected chi connectivity index (χ1v) is 13.9. The van der Waals surface area contributed by atoms with Crippen LogP contribution in [0.2, 0.25) is 12.1 Å². The van der Waals surface area contributed by atoms with Crippen molar-refractivity contribution in [2.75, 3.05) is 65.1 Å². The molecule has 0 aromatic carbocycles. The molecule has 0 radical (unpaired) electrons. The van der Waals surface area contributed by atoms with Crippen LogP contribution < -0.4 is 0 Å². The SMILES string of the molecule is CCO[Si](CC)(CC)CN(CCCN(CC)CC)CCCN(CC)CC. The maximum atomic E-state index is 6.37. The highest BCUT2D eigenvalue weighted by atomic mass is 28.4. The Morgan fingerprint density at radius 2 is 0.962 bits per heavy atom. The lowest BCUT2D eigenvalue weighted by atomic mass is 10.3. The van der Waals surface area contributed by atoms with Crippen molar-refractivity contribution in [3.8, 4) is 0 Å². The van der Waals surface area contributed by atoms with E-state index in [1.165, 1.54) is 83.5 Å². The predicted molar refractivity (Wildman–Crippen MR) is 120 cm³/mol. The average molecular weight is 388 g/mol. The van der Waals surface area contributed by atoms with Gasteiger partial charge < -0.3 is 19.1 Å². The van der Waals surface area contributed by atoms with Gasteiger partial charge in [0.1, 0.15) is 0 Å². The predicted octanol–water partition coefficient (Wildman–Crippen LogP) is 4.31. The van der Waals surface area contributed by atoms with Gasteiger partial charge in [0, 0.05) is 12.8 Å². The van der Waals surface area contributed by atoms with E-state index in [0.717, 1.165) is 6.61 Å². The highest BCUT2D eigenvalue weighted by Crippen LogP contribution is 2.19. The molecule has 158 valence electrons. The molecule has 0 aliphatic carbocycles. The molecule has 0 amide bonds. The minimum atomic E-state index is -1.60. The van der Waals surface area contributed by atoms with Crippen LogP contribution in [-0.4, -0.2) is 88.2 Å². The molecule has 0 unspecified atom stereocenters. The molecule has 0 aromatic rings. The van der Waals surface area contributed by atoms with E-state index in [0.29, 0.717) is 0 Å². The van der Waals surface area contributed by atoms with Crippen LogP contribution in [0, 0.1) is 0 Å². The van der Waals surface area contributed by atoms with Crippen LogP contribution >= 0.6 is 0 Å². The second-order valence-corrected chi connectivity index (χ2v) is 11.7. The molecular formula is C21H49N3OSi. The zero-order valence-electron chi connectivity index (χ0n) is 19.1. The zero-order chi connectivity index (χ0) is 19.8. The maximum Gasteiger partial charge on any atom is 0.205 e. The molecule has 0 bridgehead atoms. The monoisotopic (exact) mass is 387 g/mol. The van der Waals surface area contributed by atoms with E-state index in [2.05, 4.69) is 63.2 Å². The van der Waals surface area contributed by atoms with Crippen molar-refractivity contribution >= 4 is 8.32 Å². The summed E-state index contributed by atoms with van der Waals surface area (Å²) >= 11 is 0. The van der Waals surface area contributed by atoms with Gasteiger partial charge in [-0.25, -0.2) is 0 Å². The van der Waals surface area contributed by atoms with Gasteiger partial charge in [0.05, 0.1) is 0 Å². The van der Waals surface area contributed by atoms with Gasteiger partial charge in [-0.15, -0.1) is 0 Å². The Morgan fingerprint density at radius 3 is 1.27 bits per heavy atom. The fourth-order valence-electron chi connectivity index (χ4n) is 3.82. The first-order valence-electron chi connectivity index (χ1n) is 11.3. The summed E-state index contributed by atoms with van der Waals surface area (Å²) in [7, 11) is -1.60. The first kappa shape index (κ1) is 26.1. The normalized spacial score (nSPS) is 12.7. The summed E-state index contributed by atoms with van der Waals surface area (Å²) in [5.41, 5.74) is 0. The highest BCUT2D eigenvalue weighted by molar-refractivity contribution is 6.73. The standard InChI is InChI=1S/C21H49N3OSi/c1-8-22(9-2)17-15-19-24(20-16-18-23(10-3)11-4)21-26(13-6,14-7)25-12-5/h8-21H2,1-7H3. The third kappa shape index (κ3) is 10.4. The molecule has 0 rings (SSSR count). The summed E-state index contributed by atoms with van der Waals surface area (Å²) in [4.78, 5) is 7.82. The molecular weight excluding hydrogens is 338 g/mol. The third-order valence-electron chi connectivity index (χ3n) is 5.94. The van der Waals surface area contributed by atoms with E-state index >= 15 is 0 Å². The van der Waals surface area contributed by atoms with Gasteiger partial charge in [0.25, 0.3) is 0 Å². The van der Waals surface area contributed by atoms with E-state index in [-0.39, 0.29) is 0 Å². The van der Waals surface area contributed by atoms with Crippen molar-refractivity contribution in [3.05, 3.63) is 0 Å². The molecule has 0 fully saturated rings. The maximum absolute atomic E-state index is 6.37. The van der Waals surface area contributed by atoms with Crippen molar-refractivity contribution in [2.24, 2.45) is 0 Å². The smallest absolute Gasteiger partial charge is 0.205 e. The second-order valence-electron chi connectivity index (χ2n) is 7.36. The quantitative estimate of drug-likeness (QED) is 0.326. The fourth-order valence-corrected chi connectivity index (χ4v) is 7.01. The van der Waals surface area contributed by atoms with Gasteiger partial charge in [0.2, 0.25) is 8.32 Å². The van der Waals surface area contributed by atoms with Crippen molar-refractivity contribution < 1.29 is 4.43 Å². The van der Waals surface area contributed by atoms with Crippen LogP contribution in [0.15, 0.2) is 0 Å². The van der Waals surface area contributed by atoms with Crippen LogP contribution in [0.1, 0.15) is 61.3 Å². The Labute approximate surface area is 166 Å². The van der Waals surface area contributed by atoms with Gasteiger partial charge in [-0.2, -0.15) is 0 Å². The molecule has 0 atom stereocenters. The van der Waals surface area contributed by atoms with Crippen LogP contribution in [0.5, 0.6) is 0 Å². The number of nitrogens with zero attached hydrogens (tertiary/aromatic N) is 3. The van der Waals surface area contributed by atoms with Crippen molar-refractivity contribution in [1.29, 1.82) is 0 Å². The van der Waals surface area contributed by atoms with E-state index in [4.69, 9.17) is 4.43 Å². The summed E-state index contributed by atoms with van der Waals surface area (Å²) in [6.45, 7) is 26.4. The van der Waals surface area contributed by atoms with Crippen molar-refractivity contribution in [2.45, 2.75) is 73.4 Å². The first-order chi connectivity index (χ1) is 12.5. The lowest BCUT2D eigenvalue weighted by molar-refractivity contribution is 0.220. The summed E-state index contributed by atoms with van der Waals surface area (Å²) < 4.78 is 6.37. The summed E-state index contributed by atoms with van der Waals surface area (Å²) in [5, 5.41) is 0. The van der Waals surface area contributed by atoms with Crippen LogP contribution in [-0.2, 0) is 4.43 Å². The average Bonchev–Trinajstić information content (AvgIpc) is 2.67. The molecule has 26 heavy (non-hydrogen) atoms. The van der Waals surface area contributed by atoms with Crippen molar-refractivity contribution in [1.82, 2.24) is 14.7 Å². The fraction of sp³-hybridized carbons (Fsp3) is 1.00. The highest BCUT2D eigenvalue weighted by Gasteiger charge is 2.32. The molecule has 5 heteroatoms. The van der Waals surface area contributed by atoms with E-state index < -0.39 is 8.32 Å². The Hall–Kier alpha value is 0.0569. The summed E-state index contributed by atoms with van der Waals surface area (Å²) in [6, 6.07) is 2.47. The van der Waals surface area contributed by atoms with E-state index in [1.54, 1.807) is 0 Å². The Kier molecular flexibility index (Phi) is 16.1. The van der Waals surface area contributed by atoms with Crippen molar-refractivity contribution in [3.63, 3.8) is 0 Å². The van der Waals surface area contributed by atoms with Gasteiger partial charge in [-0.1, -0.05) is 41.5 Å². The Bertz CT molecular complexity index is 288. The summed E-state index contributed by atoms with van der Waals surface area (Å²) in [6.07, 6.45) is 3.76. The lowest BCUT2D eigenvalue weighted by Crippen LogP contribution is -2.50. The Morgan fingerprint density at radius 1 is 0.577 bits per heavy atom. The second kappa shape index (κ2) is 16.1. The van der Waals surface area contributed by atoms with Crippen LogP contribution in [0.25, 0.3) is 0 Å². The molecule has 4 nitrogen and oxygen atoms in total. The van der Waals surface area contributed by atoms with Crippen LogP contribution in [0.3, 0.4) is 0 Å². The minimum Gasteiger partial charge on any atom is -0.416 e. The Balaban J connectivity index is 4.74. The molecule has 0 spiro atoms. The molecule has 0 aliphatic rings. The minimum absolute atomic E-state index is 0.876. The van der Waals surface area contributed by atoms with E-state index in [9.17, 15) is 0 Å². The molecule has 0 aromatic heterocycles.